The van der Waals surface area contributed by atoms with Crippen molar-refractivity contribution in [2.45, 2.75) is 105 Å². The van der Waals surface area contributed by atoms with Gasteiger partial charge in [-0.05, 0) is 85.4 Å². The Morgan fingerprint density at radius 3 is 2.53 bits per heavy atom. The van der Waals surface area contributed by atoms with Crippen LogP contribution in [0.25, 0.3) is 0 Å². The zero-order chi connectivity index (χ0) is 21.9. The van der Waals surface area contributed by atoms with Crippen molar-refractivity contribution in [2.24, 2.45) is 34.0 Å². The van der Waals surface area contributed by atoms with E-state index in [1.165, 1.54) is 50.5 Å². The summed E-state index contributed by atoms with van der Waals surface area (Å²) >= 11 is 0. The molecule has 4 rings (SSSR count). The molecule has 0 aromatic heterocycles. The van der Waals surface area contributed by atoms with Gasteiger partial charge in [0.15, 0.2) is 14.8 Å². The molecule has 2 fully saturated rings. The van der Waals surface area contributed by atoms with E-state index >= 15 is 0 Å². The molecule has 168 valence electrons. The van der Waals surface area contributed by atoms with Crippen LogP contribution in [0.2, 0.25) is 13.1 Å². The Labute approximate surface area is 186 Å². The van der Waals surface area contributed by atoms with E-state index in [-0.39, 0.29) is 22.7 Å². The van der Waals surface area contributed by atoms with E-state index in [2.05, 4.69) is 53.8 Å². The second kappa shape index (κ2) is 7.73. The first-order valence-corrected chi connectivity index (χ1v) is 15.4. The number of ketones is 1. The van der Waals surface area contributed by atoms with Crippen LogP contribution in [0.4, 0.5) is 0 Å². The first-order chi connectivity index (χ1) is 14.0. The van der Waals surface area contributed by atoms with Crippen LogP contribution < -0.4 is 0 Å². The molecule has 0 aromatic rings. The highest BCUT2D eigenvalue weighted by Crippen LogP contribution is 2.67. The Morgan fingerprint density at radius 2 is 1.87 bits per heavy atom. The molecule has 2 saturated carbocycles. The van der Waals surface area contributed by atoms with Crippen molar-refractivity contribution in [1.29, 1.82) is 0 Å². The Balaban J connectivity index is 1.88. The fourth-order valence-corrected chi connectivity index (χ4v) is 9.09. The first kappa shape index (κ1) is 22.5. The smallest absolute Gasteiger partial charge is 0.171 e. The molecule has 0 aromatic carbocycles. The van der Waals surface area contributed by atoms with Crippen molar-refractivity contribution in [3.05, 3.63) is 23.3 Å². The third-order valence-electron chi connectivity index (χ3n) is 9.58. The Hall–Kier alpha value is -0.673. The maximum Gasteiger partial charge on any atom is 0.171 e. The van der Waals surface area contributed by atoms with Crippen LogP contribution in [-0.2, 0) is 9.22 Å². The van der Waals surface area contributed by atoms with Crippen LogP contribution in [0.15, 0.2) is 23.3 Å². The van der Waals surface area contributed by atoms with Crippen molar-refractivity contribution in [3.63, 3.8) is 0 Å². The summed E-state index contributed by atoms with van der Waals surface area (Å²) in [7, 11) is -1.23. The minimum Gasteiger partial charge on any atom is -0.416 e. The summed E-state index contributed by atoms with van der Waals surface area (Å²) in [5.41, 5.74) is 3.65. The second-order valence-corrected chi connectivity index (χ2v) is 14.7. The number of fused-ring (bicyclic) bond motifs is 5. The summed E-state index contributed by atoms with van der Waals surface area (Å²) in [5.74, 6) is 2.34. The number of rotatable bonds is 5. The van der Waals surface area contributed by atoms with Crippen molar-refractivity contribution >= 4 is 14.8 Å². The van der Waals surface area contributed by atoms with Gasteiger partial charge in [-0.3, -0.25) is 4.79 Å². The first-order valence-electron chi connectivity index (χ1n) is 12.7. The lowest BCUT2D eigenvalue weighted by atomic mass is 9.45. The van der Waals surface area contributed by atoms with E-state index in [0.29, 0.717) is 23.7 Å². The molecule has 0 amide bonds. The summed E-state index contributed by atoms with van der Waals surface area (Å²) in [6, 6.07) is 0. The summed E-state index contributed by atoms with van der Waals surface area (Å²) in [6.07, 6.45) is 14.4. The van der Waals surface area contributed by atoms with E-state index < -0.39 is 9.04 Å². The quantitative estimate of drug-likeness (QED) is 0.447. The largest absolute Gasteiger partial charge is 0.416 e. The molecule has 4 aliphatic rings. The summed E-state index contributed by atoms with van der Waals surface area (Å²) in [6.45, 7) is 16.8. The molecule has 6 atom stereocenters. The number of hydrogen-bond donors (Lipinski definition) is 0. The maximum atomic E-state index is 12.8. The lowest BCUT2D eigenvalue weighted by Gasteiger charge is -2.60. The van der Waals surface area contributed by atoms with Gasteiger partial charge in [0.2, 0.25) is 0 Å². The van der Waals surface area contributed by atoms with Crippen LogP contribution in [0.1, 0.15) is 86.0 Å². The van der Waals surface area contributed by atoms with E-state index in [4.69, 9.17) is 4.43 Å². The zero-order valence-corrected chi connectivity index (χ0v) is 21.7. The van der Waals surface area contributed by atoms with E-state index in [9.17, 15) is 4.79 Å². The molecule has 0 heterocycles. The molecule has 30 heavy (non-hydrogen) atoms. The highest BCUT2D eigenvalue weighted by atomic mass is 28.3. The molecule has 0 N–H and O–H groups in total. The second-order valence-electron chi connectivity index (χ2n) is 12.3. The Morgan fingerprint density at radius 1 is 1.13 bits per heavy atom. The fraction of sp³-hybridized carbons (Fsp3) is 0.815. The summed E-state index contributed by atoms with van der Waals surface area (Å²) in [4.78, 5) is 12.8. The normalized spacial score (nSPS) is 41.1. The van der Waals surface area contributed by atoms with Gasteiger partial charge >= 0.3 is 0 Å². The summed E-state index contributed by atoms with van der Waals surface area (Å²) < 4.78 is 6.64. The molecular formula is C27H44O2Si. The van der Waals surface area contributed by atoms with Crippen LogP contribution in [-0.4, -0.2) is 20.9 Å². The van der Waals surface area contributed by atoms with Gasteiger partial charge in [0.25, 0.3) is 0 Å². The molecule has 4 aliphatic carbocycles. The van der Waals surface area contributed by atoms with Crippen LogP contribution in [0.5, 0.6) is 0 Å². The lowest BCUT2D eigenvalue weighted by molar-refractivity contribution is -0.122. The number of carbonyl (C=O) groups is 1. The average molecular weight is 429 g/mol. The van der Waals surface area contributed by atoms with Gasteiger partial charge in [0.1, 0.15) is 0 Å². The molecule has 1 unspecified atom stereocenters. The summed E-state index contributed by atoms with van der Waals surface area (Å²) in [5, 5.41) is 0. The topological polar surface area (TPSA) is 26.3 Å². The monoisotopic (exact) mass is 428 g/mol. The van der Waals surface area contributed by atoms with Gasteiger partial charge in [-0.2, -0.15) is 0 Å². The molecular weight excluding hydrogens is 384 g/mol. The number of carbonyl (C=O) groups excluding carboxylic acids is 1. The van der Waals surface area contributed by atoms with Gasteiger partial charge in [-0.25, -0.2) is 0 Å². The van der Waals surface area contributed by atoms with Gasteiger partial charge in [-0.15, -0.1) is 0 Å². The predicted molar refractivity (Wildman–Crippen MR) is 128 cm³/mol. The minimum atomic E-state index is -1.23. The third-order valence-corrected chi connectivity index (χ3v) is 10.5. The zero-order valence-electron chi connectivity index (χ0n) is 20.5. The highest BCUT2D eigenvalue weighted by molar-refractivity contribution is 6.48. The van der Waals surface area contributed by atoms with Crippen LogP contribution in [0.3, 0.4) is 0 Å². The van der Waals surface area contributed by atoms with Gasteiger partial charge in [0, 0.05) is 11.8 Å². The van der Waals surface area contributed by atoms with E-state index in [1.807, 2.05) is 6.08 Å². The van der Waals surface area contributed by atoms with E-state index in [1.54, 1.807) is 5.57 Å². The fourth-order valence-electron chi connectivity index (χ4n) is 8.05. The average Bonchev–Trinajstić information content (AvgIpc) is 3.03. The van der Waals surface area contributed by atoms with Crippen molar-refractivity contribution < 1.29 is 9.22 Å². The molecule has 0 bridgehead atoms. The Kier molecular flexibility index (Phi) is 5.80. The van der Waals surface area contributed by atoms with Gasteiger partial charge in [-0.1, -0.05) is 59.1 Å². The molecule has 2 nitrogen and oxygen atoms in total. The minimum absolute atomic E-state index is 0.00837. The molecule has 0 spiro atoms. The SMILES string of the molecule is CCCC(C)(C)C1=CC2=CC(=O)CC(O[SiH](C)C)[C@]2(C)[C@H]2CC[C@]3(C)CCC[C@H]3[C@H]12. The molecule has 0 aliphatic heterocycles. The van der Waals surface area contributed by atoms with Crippen molar-refractivity contribution in [3.8, 4) is 0 Å². The maximum absolute atomic E-state index is 12.8. The van der Waals surface area contributed by atoms with Gasteiger partial charge in [0.05, 0.1) is 6.10 Å². The standard InChI is InChI=1S/C27H44O2Si/c1-8-12-25(2,3)22-16-18-15-19(28)17-23(29-30(6)7)27(18,5)21-11-14-26(4)13-9-10-20(26)24(21)22/h15-16,20-21,23-24,30H,8-14,17H2,1-7H3/t20-,21-,23?,24-,26-,27-/m0/s1. The molecule has 0 saturated heterocycles. The highest BCUT2D eigenvalue weighted by Gasteiger charge is 2.60. The van der Waals surface area contributed by atoms with Gasteiger partial charge < -0.3 is 4.43 Å². The van der Waals surface area contributed by atoms with Crippen LogP contribution in [0, 0.1) is 34.0 Å². The lowest BCUT2D eigenvalue weighted by Crippen LogP contribution is -2.56. The third kappa shape index (κ3) is 3.43. The molecule has 0 radical (unpaired) electrons. The van der Waals surface area contributed by atoms with E-state index in [0.717, 1.165) is 5.92 Å². The molecule has 3 heteroatoms. The number of allylic oxidation sites excluding steroid dienone is 3. The number of hydrogen-bond acceptors (Lipinski definition) is 2. The Bertz CT molecular complexity index is 763. The van der Waals surface area contributed by atoms with Crippen molar-refractivity contribution in [2.75, 3.05) is 0 Å². The van der Waals surface area contributed by atoms with Crippen molar-refractivity contribution in [1.82, 2.24) is 0 Å². The van der Waals surface area contributed by atoms with Crippen LogP contribution >= 0.6 is 0 Å². The predicted octanol–water partition coefficient (Wildman–Crippen LogP) is 6.86.